The molecule has 1 aliphatic heterocycles. The molecule has 1 saturated carbocycles. The number of ether oxygens (including phenoxy) is 1. The van der Waals surface area contributed by atoms with E-state index in [1.165, 1.54) is 12.8 Å². The van der Waals surface area contributed by atoms with Gasteiger partial charge in [0.2, 0.25) is 0 Å². The largest absolute Gasteiger partial charge is 0.388 e. The summed E-state index contributed by atoms with van der Waals surface area (Å²) in [7, 11) is 2.07. The van der Waals surface area contributed by atoms with Crippen molar-refractivity contribution in [3.05, 3.63) is 0 Å². The number of nitrogens with one attached hydrogen (secondary N) is 1. The predicted octanol–water partition coefficient (Wildman–Crippen LogP) is 0.459. The van der Waals surface area contributed by atoms with E-state index in [-0.39, 0.29) is 0 Å². The summed E-state index contributed by atoms with van der Waals surface area (Å²) in [5.74, 6) is 0.842. The molecule has 0 bridgehead atoms. The van der Waals surface area contributed by atoms with Crippen LogP contribution in [0, 0.1) is 5.92 Å². The van der Waals surface area contributed by atoms with Crippen molar-refractivity contribution in [2.45, 2.75) is 31.3 Å². The van der Waals surface area contributed by atoms with Gasteiger partial charge in [-0.3, -0.25) is 0 Å². The first-order chi connectivity index (χ1) is 8.18. The monoisotopic (exact) mass is 242 g/mol. The number of nitrogens with zero attached hydrogens (tertiary/aromatic N) is 1. The molecule has 4 heteroatoms. The van der Waals surface area contributed by atoms with Crippen LogP contribution in [-0.4, -0.2) is 62.0 Å². The second-order valence-electron chi connectivity index (χ2n) is 5.73. The molecule has 0 radical (unpaired) electrons. The molecule has 2 aliphatic rings. The number of likely N-dealkylation sites (N-methyl/N-ethyl adjacent to an activating group) is 1. The molecular weight excluding hydrogens is 216 g/mol. The number of hydrogen-bond acceptors (Lipinski definition) is 4. The zero-order valence-electron chi connectivity index (χ0n) is 11.0. The number of rotatable bonds is 7. The van der Waals surface area contributed by atoms with Gasteiger partial charge in [0.15, 0.2) is 0 Å². The summed E-state index contributed by atoms with van der Waals surface area (Å²) < 4.78 is 5.61. The van der Waals surface area contributed by atoms with Gasteiger partial charge in [0, 0.05) is 19.7 Å². The maximum absolute atomic E-state index is 10.4. The molecule has 1 heterocycles. The Labute approximate surface area is 104 Å². The van der Waals surface area contributed by atoms with Crippen molar-refractivity contribution in [3.63, 3.8) is 0 Å². The fourth-order valence-electron chi connectivity index (χ4n) is 2.39. The Hall–Kier alpha value is -0.160. The molecule has 0 aromatic carbocycles. The van der Waals surface area contributed by atoms with Crippen LogP contribution in [0.4, 0.5) is 0 Å². The van der Waals surface area contributed by atoms with E-state index < -0.39 is 5.60 Å². The second-order valence-corrected chi connectivity index (χ2v) is 5.73. The fourth-order valence-corrected chi connectivity index (χ4v) is 2.39. The van der Waals surface area contributed by atoms with Crippen molar-refractivity contribution in [1.29, 1.82) is 0 Å². The normalized spacial score (nSPS) is 24.2. The first kappa shape index (κ1) is 13.3. The Morgan fingerprint density at radius 3 is 2.71 bits per heavy atom. The summed E-state index contributed by atoms with van der Waals surface area (Å²) in [4.78, 5) is 2.19. The van der Waals surface area contributed by atoms with Crippen molar-refractivity contribution in [2.75, 3.05) is 46.4 Å². The Bertz CT molecular complexity index is 225. The molecule has 1 aliphatic carbocycles. The van der Waals surface area contributed by atoms with Crippen molar-refractivity contribution < 1.29 is 9.84 Å². The molecule has 4 nitrogen and oxygen atoms in total. The lowest BCUT2D eigenvalue weighted by Crippen LogP contribution is -2.49. The summed E-state index contributed by atoms with van der Waals surface area (Å²) in [6, 6.07) is 0. The zero-order chi connectivity index (χ0) is 12.1. The second kappa shape index (κ2) is 6.14. The lowest BCUT2D eigenvalue weighted by atomic mass is 9.92. The average Bonchev–Trinajstić information content (AvgIpc) is 3.08. The molecule has 1 saturated heterocycles. The van der Waals surface area contributed by atoms with Gasteiger partial charge in [-0.15, -0.1) is 0 Å². The first-order valence-corrected chi connectivity index (χ1v) is 6.87. The number of aliphatic hydroxyl groups is 1. The van der Waals surface area contributed by atoms with Gasteiger partial charge in [0.25, 0.3) is 0 Å². The van der Waals surface area contributed by atoms with E-state index in [9.17, 15) is 5.11 Å². The number of hydrogen-bond donors (Lipinski definition) is 2. The Kier molecular flexibility index (Phi) is 4.79. The summed E-state index contributed by atoms with van der Waals surface area (Å²) in [5, 5.41) is 13.7. The van der Waals surface area contributed by atoms with Crippen molar-refractivity contribution in [3.8, 4) is 0 Å². The molecule has 2 rings (SSSR count). The van der Waals surface area contributed by atoms with Crippen LogP contribution in [0.5, 0.6) is 0 Å². The molecule has 0 unspecified atom stereocenters. The van der Waals surface area contributed by atoms with Gasteiger partial charge in [0.05, 0.1) is 12.2 Å². The summed E-state index contributed by atoms with van der Waals surface area (Å²) >= 11 is 0. The standard InChI is InChI=1S/C13H26N2O2/c1-15(8-9-17-10-12-2-3-12)11-13(16)4-6-14-7-5-13/h12,14,16H,2-11H2,1H3. The molecule has 17 heavy (non-hydrogen) atoms. The lowest BCUT2D eigenvalue weighted by Gasteiger charge is -2.35. The molecule has 0 atom stereocenters. The van der Waals surface area contributed by atoms with E-state index in [1.807, 2.05) is 0 Å². The van der Waals surface area contributed by atoms with Crippen LogP contribution in [0.3, 0.4) is 0 Å². The molecule has 2 fully saturated rings. The maximum Gasteiger partial charge on any atom is 0.0798 e. The van der Waals surface area contributed by atoms with Crippen LogP contribution < -0.4 is 5.32 Å². The first-order valence-electron chi connectivity index (χ1n) is 6.87. The van der Waals surface area contributed by atoms with Gasteiger partial charge in [-0.05, 0) is 51.7 Å². The summed E-state index contributed by atoms with van der Waals surface area (Å²) in [5.41, 5.74) is -0.490. The van der Waals surface area contributed by atoms with Gasteiger partial charge in [-0.25, -0.2) is 0 Å². The van der Waals surface area contributed by atoms with Crippen LogP contribution in [0.1, 0.15) is 25.7 Å². The summed E-state index contributed by atoms with van der Waals surface area (Å²) in [6.07, 6.45) is 4.42. The minimum absolute atomic E-state index is 0.490. The lowest BCUT2D eigenvalue weighted by molar-refractivity contribution is -0.0205. The third-order valence-electron chi connectivity index (χ3n) is 3.77. The van der Waals surface area contributed by atoms with E-state index in [0.29, 0.717) is 0 Å². The molecule has 100 valence electrons. The highest BCUT2D eigenvalue weighted by Gasteiger charge is 2.30. The van der Waals surface area contributed by atoms with Gasteiger partial charge >= 0.3 is 0 Å². The minimum Gasteiger partial charge on any atom is -0.388 e. The van der Waals surface area contributed by atoms with E-state index in [1.54, 1.807) is 0 Å². The van der Waals surface area contributed by atoms with E-state index in [4.69, 9.17) is 4.74 Å². The maximum atomic E-state index is 10.4. The smallest absolute Gasteiger partial charge is 0.0798 e. The van der Waals surface area contributed by atoms with Crippen LogP contribution in [0.15, 0.2) is 0 Å². The fraction of sp³-hybridized carbons (Fsp3) is 1.00. The SMILES string of the molecule is CN(CCOCC1CC1)CC1(O)CCNCC1. The Morgan fingerprint density at radius 1 is 1.35 bits per heavy atom. The van der Waals surface area contributed by atoms with Crippen molar-refractivity contribution in [2.24, 2.45) is 5.92 Å². The van der Waals surface area contributed by atoms with E-state index >= 15 is 0 Å². The molecule has 2 N–H and O–H groups in total. The Morgan fingerprint density at radius 2 is 2.06 bits per heavy atom. The summed E-state index contributed by atoms with van der Waals surface area (Å²) in [6.45, 7) is 5.28. The topological polar surface area (TPSA) is 44.7 Å². The molecule has 0 aromatic heterocycles. The van der Waals surface area contributed by atoms with Crippen molar-refractivity contribution >= 4 is 0 Å². The van der Waals surface area contributed by atoms with Crippen LogP contribution in [0.2, 0.25) is 0 Å². The van der Waals surface area contributed by atoms with Crippen LogP contribution in [-0.2, 0) is 4.74 Å². The highest BCUT2D eigenvalue weighted by atomic mass is 16.5. The van der Waals surface area contributed by atoms with Crippen LogP contribution in [0.25, 0.3) is 0 Å². The van der Waals surface area contributed by atoms with E-state index in [2.05, 4.69) is 17.3 Å². The molecule has 0 amide bonds. The van der Waals surface area contributed by atoms with Crippen LogP contribution >= 0.6 is 0 Å². The third-order valence-corrected chi connectivity index (χ3v) is 3.77. The molecular formula is C13H26N2O2. The quantitative estimate of drug-likeness (QED) is 0.637. The highest BCUT2D eigenvalue weighted by Crippen LogP contribution is 2.28. The van der Waals surface area contributed by atoms with Gasteiger partial charge < -0.3 is 20.1 Å². The number of piperidine rings is 1. The minimum atomic E-state index is -0.490. The predicted molar refractivity (Wildman–Crippen MR) is 68.1 cm³/mol. The molecule has 0 aromatic rings. The van der Waals surface area contributed by atoms with E-state index in [0.717, 1.165) is 58.2 Å². The van der Waals surface area contributed by atoms with Gasteiger partial charge in [-0.1, -0.05) is 0 Å². The zero-order valence-corrected chi connectivity index (χ0v) is 11.0. The van der Waals surface area contributed by atoms with Gasteiger partial charge in [-0.2, -0.15) is 0 Å². The highest BCUT2D eigenvalue weighted by molar-refractivity contribution is 4.86. The van der Waals surface area contributed by atoms with Gasteiger partial charge in [0.1, 0.15) is 0 Å². The Balaban J connectivity index is 1.56. The average molecular weight is 242 g/mol. The third kappa shape index (κ3) is 4.92. The van der Waals surface area contributed by atoms with Crippen molar-refractivity contribution in [1.82, 2.24) is 10.2 Å². The molecule has 0 spiro atoms.